The van der Waals surface area contributed by atoms with Gasteiger partial charge in [0.1, 0.15) is 5.84 Å². The highest BCUT2D eigenvalue weighted by molar-refractivity contribution is 5.85. The molecule has 2 rings (SSSR count). The number of amidine groups is 1. The predicted molar refractivity (Wildman–Crippen MR) is 70.2 cm³/mol. The van der Waals surface area contributed by atoms with Gasteiger partial charge in [-0.1, -0.05) is 6.07 Å². The van der Waals surface area contributed by atoms with E-state index < -0.39 is 0 Å². The van der Waals surface area contributed by atoms with Crippen LogP contribution in [-0.4, -0.2) is 18.9 Å². The molecule has 6 heteroatoms. The molecule has 0 amide bonds. The minimum Gasteiger partial charge on any atom is -0.398 e. The Hall–Kier alpha value is -1.79. The first-order valence-corrected chi connectivity index (χ1v) is 5.53. The number of nitrogens with one attached hydrogen (secondary N) is 1. The molecule has 0 saturated carbocycles. The van der Waals surface area contributed by atoms with Crippen molar-refractivity contribution in [2.45, 2.75) is 6.92 Å². The van der Waals surface area contributed by atoms with Gasteiger partial charge in [0.25, 0.3) is 0 Å². The number of nitrogens with zero attached hydrogens (tertiary/aromatic N) is 2. The Morgan fingerprint density at radius 2 is 2.18 bits per heavy atom. The maximum atomic E-state index is 5.84. The van der Waals surface area contributed by atoms with E-state index in [9.17, 15) is 0 Å². The van der Waals surface area contributed by atoms with E-state index in [1.54, 1.807) is 6.07 Å². The summed E-state index contributed by atoms with van der Waals surface area (Å²) in [5, 5.41) is 8.55. The number of rotatable bonds is 3. The van der Waals surface area contributed by atoms with Gasteiger partial charge in [0.05, 0.1) is 5.69 Å². The number of nitrogens with two attached hydrogens (primary N) is 3. The smallest absolute Gasteiger partial charge is 0.127 e. The summed E-state index contributed by atoms with van der Waals surface area (Å²) >= 11 is 0. The van der Waals surface area contributed by atoms with Crippen molar-refractivity contribution in [3.05, 3.63) is 23.8 Å². The molecular formula is C11H18N6. The van der Waals surface area contributed by atoms with Crippen molar-refractivity contribution in [1.82, 2.24) is 5.32 Å². The maximum absolute atomic E-state index is 5.84. The molecule has 17 heavy (non-hydrogen) atoms. The van der Waals surface area contributed by atoms with E-state index in [4.69, 9.17) is 17.3 Å². The zero-order valence-corrected chi connectivity index (χ0v) is 9.85. The molecule has 0 unspecified atom stereocenters. The first-order valence-electron chi connectivity index (χ1n) is 5.53. The van der Waals surface area contributed by atoms with Crippen LogP contribution in [0.3, 0.4) is 0 Å². The minimum atomic E-state index is 0.281. The third kappa shape index (κ3) is 2.48. The molecule has 0 radical (unpaired) electrons. The van der Waals surface area contributed by atoms with Gasteiger partial charge in [-0.2, -0.15) is 5.12 Å². The molecule has 7 N–H and O–H groups in total. The summed E-state index contributed by atoms with van der Waals surface area (Å²) in [6, 6.07) is 5.55. The van der Waals surface area contributed by atoms with Crippen molar-refractivity contribution < 1.29 is 0 Å². The molecule has 1 aliphatic rings. The van der Waals surface area contributed by atoms with Crippen LogP contribution >= 0.6 is 0 Å². The van der Waals surface area contributed by atoms with Gasteiger partial charge in [-0.3, -0.25) is 0 Å². The Bertz CT molecular complexity index is 438. The molecule has 1 heterocycles. The molecule has 1 aromatic rings. The molecule has 1 aromatic carbocycles. The molecule has 0 aliphatic carbocycles. The van der Waals surface area contributed by atoms with Crippen molar-refractivity contribution in [3.8, 4) is 0 Å². The topological polar surface area (TPSA) is 106 Å². The normalized spacial score (nSPS) is 16.7. The SMILES string of the molecule is Cc1ccc(N(N)/N=C(\N)C2CNC2)cc1N. The van der Waals surface area contributed by atoms with E-state index in [0.29, 0.717) is 11.5 Å². The van der Waals surface area contributed by atoms with Crippen LogP contribution in [0.4, 0.5) is 11.4 Å². The van der Waals surface area contributed by atoms with Gasteiger partial charge >= 0.3 is 0 Å². The number of hydrogen-bond donors (Lipinski definition) is 4. The molecule has 92 valence electrons. The molecule has 0 aromatic heterocycles. The monoisotopic (exact) mass is 234 g/mol. The Morgan fingerprint density at radius 3 is 2.71 bits per heavy atom. The lowest BCUT2D eigenvalue weighted by Crippen LogP contribution is -2.50. The summed E-state index contributed by atoms with van der Waals surface area (Å²) in [7, 11) is 0. The zero-order valence-electron chi connectivity index (χ0n) is 9.85. The van der Waals surface area contributed by atoms with E-state index in [-0.39, 0.29) is 5.92 Å². The maximum Gasteiger partial charge on any atom is 0.127 e. The van der Waals surface area contributed by atoms with Crippen LogP contribution in [0.2, 0.25) is 0 Å². The number of hydrazone groups is 1. The van der Waals surface area contributed by atoms with Gasteiger partial charge in [0.15, 0.2) is 0 Å². The minimum absolute atomic E-state index is 0.281. The summed E-state index contributed by atoms with van der Waals surface area (Å²) < 4.78 is 0. The second-order valence-corrected chi connectivity index (χ2v) is 4.27. The largest absolute Gasteiger partial charge is 0.398 e. The molecule has 1 saturated heterocycles. The van der Waals surface area contributed by atoms with Crippen LogP contribution in [-0.2, 0) is 0 Å². The van der Waals surface area contributed by atoms with E-state index in [1.165, 1.54) is 5.12 Å². The van der Waals surface area contributed by atoms with Crippen molar-refractivity contribution >= 4 is 17.2 Å². The molecular weight excluding hydrogens is 216 g/mol. The first kappa shape index (κ1) is 11.7. The van der Waals surface area contributed by atoms with Crippen LogP contribution in [0.5, 0.6) is 0 Å². The van der Waals surface area contributed by atoms with Gasteiger partial charge < -0.3 is 16.8 Å². The standard InChI is InChI=1S/C11H18N6/c1-7-2-3-9(4-10(7)12)17(14)16-11(13)8-5-15-6-8/h2-4,8,15H,5-6,12,14H2,1H3,(H2,13,16). The Morgan fingerprint density at radius 1 is 1.47 bits per heavy atom. The summed E-state index contributed by atoms with van der Waals surface area (Å²) in [6.45, 7) is 3.66. The number of benzene rings is 1. The summed E-state index contributed by atoms with van der Waals surface area (Å²) in [4.78, 5) is 0. The van der Waals surface area contributed by atoms with E-state index >= 15 is 0 Å². The van der Waals surface area contributed by atoms with E-state index in [0.717, 1.165) is 24.3 Å². The van der Waals surface area contributed by atoms with Crippen molar-refractivity contribution in [2.75, 3.05) is 23.9 Å². The highest BCUT2D eigenvalue weighted by atomic mass is 15.6. The average molecular weight is 234 g/mol. The van der Waals surface area contributed by atoms with Gasteiger partial charge in [-0.05, 0) is 24.6 Å². The highest BCUT2D eigenvalue weighted by Gasteiger charge is 2.21. The van der Waals surface area contributed by atoms with Crippen LogP contribution in [0, 0.1) is 12.8 Å². The fraction of sp³-hybridized carbons (Fsp3) is 0.364. The summed E-state index contributed by atoms with van der Waals surface area (Å²) in [5.74, 6) is 6.65. The number of hydrogen-bond acceptors (Lipinski definition) is 5. The summed E-state index contributed by atoms with van der Waals surface area (Å²) in [6.07, 6.45) is 0. The third-order valence-electron chi connectivity index (χ3n) is 2.95. The highest BCUT2D eigenvalue weighted by Crippen LogP contribution is 2.19. The van der Waals surface area contributed by atoms with Crippen molar-refractivity contribution in [1.29, 1.82) is 0 Å². The Labute approximate surface area is 100 Å². The van der Waals surface area contributed by atoms with E-state index in [2.05, 4.69) is 10.4 Å². The van der Waals surface area contributed by atoms with Crippen molar-refractivity contribution in [2.24, 2.45) is 22.6 Å². The van der Waals surface area contributed by atoms with Crippen molar-refractivity contribution in [3.63, 3.8) is 0 Å². The number of anilines is 2. The van der Waals surface area contributed by atoms with Crippen LogP contribution in [0.1, 0.15) is 5.56 Å². The summed E-state index contributed by atoms with van der Waals surface area (Å²) in [5.41, 5.74) is 14.1. The van der Waals surface area contributed by atoms with Gasteiger partial charge in [0.2, 0.25) is 0 Å². The number of nitrogen functional groups attached to an aromatic ring is 1. The molecule has 0 bridgehead atoms. The predicted octanol–water partition coefficient (Wildman–Crippen LogP) is -0.251. The second kappa shape index (κ2) is 4.60. The van der Waals surface area contributed by atoms with E-state index in [1.807, 2.05) is 19.1 Å². The molecule has 1 fully saturated rings. The van der Waals surface area contributed by atoms with Gasteiger partial charge in [-0.15, -0.1) is 5.10 Å². The molecule has 0 spiro atoms. The molecule has 1 aliphatic heterocycles. The van der Waals surface area contributed by atoms with Gasteiger partial charge in [0, 0.05) is 24.7 Å². The lowest BCUT2D eigenvalue weighted by Gasteiger charge is -2.27. The quantitative estimate of drug-likeness (QED) is 0.190. The zero-order chi connectivity index (χ0) is 12.4. The first-order chi connectivity index (χ1) is 8.08. The molecule has 0 atom stereocenters. The van der Waals surface area contributed by atoms with Gasteiger partial charge in [-0.25, -0.2) is 5.84 Å². The lowest BCUT2D eigenvalue weighted by atomic mass is 10.0. The Balaban J connectivity index is 2.13. The van der Waals surface area contributed by atoms with Crippen LogP contribution in [0.25, 0.3) is 0 Å². The average Bonchev–Trinajstić information content (AvgIpc) is 2.19. The van der Waals surface area contributed by atoms with Crippen LogP contribution < -0.4 is 27.7 Å². The van der Waals surface area contributed by atoms with Crippen LogP contribution in [0.15, 0.2) is 23.3 Å². The molecule has 6 nitrogen and oxygen atoms in total. The lowest BCUT2D eigenvalue weighted by molar-refractivity contribution is 0.439. The fourth-order valence-corrected chi connectivity index (χ4v) is 1.53. The second-order valence-electron chi connectivity index (χ2n) is 4.27. The Kier molecular flexibility index (Phi) is 3.16. The fourth-order valence-electron chi connectivity index (χ4n) is 1.53. The number of hydrazine groups is 1. The third-order valence-corrected chi connectivity index (χ3v) is 2.95. The number of aryl methyl sites for hydroxylation is 1.